The van der Waals surface area contributed by atoms with Gasteiger partial charge in [0.25, 0.3) is 0 Å². The zero-order valence-corrected chi connectivity index (χ0v) is 12.9. The molecule has 1 unspecified atom stereocenters. The Hall–Kier alpha value is -1.82. The van der Waals surface area contributed by atoms with Gasteiger partial charge in [-0.05, 0) is 24.3 Å². The minimum absolute atomic E-state index is 0.303. The molecule has 2 atom stereocenters. The van der Waals surface area contributed by atoms with Crippen molar-refractivity contribution in [1.82, 2.24) is 0 Å². The fraction of sp³-hybridized carbons (Fsp3) is 0.412. The van der Waals surface area contributed by atoms with Crippen LogP contribution >= 0.6 is 0 Å². The van der Waals surface area contributed by atoms with Gasteiger partial charge in [-0.3, -0.25) is 0 Å². The second-order valence-electron chi connectivity index (χ2n) is 5.32. The van der Waals surface area contributed by atoms with Gasteiger partial charge in [-0.2, -0.15) is 0 Å². The molecular formula is C17H24NO4+. The second-order valence-corrected chi connectivity index (χ2v) is 5.32. The van der Waals surface area contributed by atoms with Crippen LogP contribution in [0.1, 0.15) is 5.76 Å². The largest absolute Gasteiger partial charge is 0.488 e. The zero-order chi connectivity index (χ0) is 15.6. The Labute approximate surface area is 131 Å². The lowest BCUT2D eigenvalue weighted by Gasteiger charge is -2.18. The average Bonchev–Trinajstić information content (AvgIpc) is 3.01. The first-order chi connectivity index (χ1) is 10.7. The van der Waals surface area contributed by atoms with Gasteiger partial charge in [-0.15, -0.1) is 0 Å². The summed E-state index contributed by atoms with van der Waals surface area (Å²) in [6.07, 6.45) is 1.12. The van der Waals surface area contributed by atoms with Crippen molar-refractivity contribution < 1.29 is 23.9 Å². The van der Waals surface area contributed by atoms with Gasteiger partial charge < -0.3 is 23.9 Å². The number of quaternary nitrogens is 1. The number of para-hydroxylation sites is 1. The minimum atomic E-state index is -0.494. The topological polar surface area (TPSA) is 56.3 Å². The van der Waals surface area contributed by atoms with Gasteiger partial charge in [-0.1, -0.05) is 18.2 Å². The number of benzene rings is 1. The number of nitrogens with one attached hydrogen (secondary N) is 1. The highest BCUT2D eigenvalue weighted by atomic mass is 16.5. The summed E-state index contributed by atoms with van der Waals surface area (Å²) < 4.78 is 16.2. The van der Waals surface area contributed by atoms with Gasteiger partial charge in [0, 0.05) is 0 Å². The van der Waals surface area contributed by atoms with Crippen LogP contribution in [0.4, 0.5) is 0 Å². The van der Waals surface area contributed by atoms with Gasteiger partial charge in [0.15, 0.2) is 0 Å². The van der Waals surface area contributed by atoms with E-state index in [0.717, 1.165) is 18.1 Å². The van der Waals surface area contributed by atoms with Crippen molar-refractivity contribution in [3.63, 3.8) is 0 Å². The highest BCUT2D eigenvalue weighted by Crippen LogP contribution is 2.07. The molecule has 0 bridgehead atoms. The molecule has 0 amide bonds. The van der Waals surface area contributed by atoms with Crippen molar-refractivity contribution in [1.29, 1.82) is 0 Å². The molecule has 5 nitrogen and oxygen atoms in total. The monoisotopic (exact) mass is 306 g/mol. The molecule has 0 aliphatic carbocycles. The van der Waals surface area contributed by atoms with Crippen molar-refractivity contribution >= 4 is 0 Å². The number of hydrogen-bond donors (Lipinski definition) is 2. The lowest BCUT2D eigenvalue weighted by atomic mass is 10.3. The smallest absolute Gasteiger partial charge is 0.137 e. The van der Waals surface area contributed by atoms with E-state index in [1.165, 1.54) is 4.90 Å². The molecule has 2 N–H and O–H groups in total. The molecule has 0 fully saturated rings. The number of ether oxygens (including phenoxy) is 2. The summed E-state index contributed by atoms with van der Waals surface area (Å²) in [6.45, 7) is 2.76. The number of rotatable bonds is 10. The number of hydrogen-bond acceptors (Lipinski definition) is 4. The number of aliphatic hydroxyl groups excluding tert-OH is 1. The quantitative estimate of drug-likeness (QED) is 0.680. The summed E-state index contributed by atoms with van der Waals surface area (Å²) in [5.41, 5.74) is 0. The molecule has 1 aromatic heterocycles. The van der Waals surface area contributed by atoms with Gasteiger partial charge >= 0.3 is 0 Å². The van der Waals surface area contributed by atoms with Gasteiger partial charge in [0.2, 0.25) is 0 Å². The molecular weight excluding hydrogens is 282 g/mol. The van der Waals surface area contributed by atoms with Crippen LogP contribution < -0.4 is 9.64 Å². The molecule has 0 saturated heterocycles. The predicted molar refractivity (Wildman–Crippen MR) is 82.9 cm³/mol. The van der Waals surface area contributed by atoms with E-state index >= 15 is 0 Å². The van der Waals surface area contributed by atoms with Crippen molar-refractivity contribution in [2.45, 2.75) is 12.7 Å². The van der Waals surface area contributed by atoms with Crippen molar-refractivity contribution in [2.75, 3.05) is 33.4 Å². The van der Waals surface area contributed by atoms with Crippen LogP contribution in [0.3, 0.4) is 0 Å². The first kappa shape index (κ1) is 16.5. The molecule has 120 valence electrons. The van der Waals surface area contributed by atoms with Crippen molar-refractivity contribution in [2.24, 2.45) is 0 Å². The fourth-order valence-electron chi connectivity index (χ4n) is 2.11. The van der Waals surface area contributed by atoms with E-state index < -0.39 is 6.10 Å². The van der Waals surface area contributed by atoms with E-state index in [2.05, 4.69) is 0 Å². The van der Waals surface area contributed by atoms with E-state index in [1.54, 1.807) is 6.26 Å². The highest BCUT2D eigenvalue weighted by molar-refractivity contribution is 5.20. The van der Waals surface area contributed by atoms with E-state index in [9.17, 15) is 5.11 Å². The molecule has 0 aliphatic heterocycles. The summed E-state index contributed by atoms with van der Waals surface area (Å²) in [7, 11) is 2.03. The molecule has 22 heavy (non-hydrogen) atoms. The Morgan fingerprint density at radius 3 is 2.73 bits per heavy atom. The molecule has 0 aliphatic rings. The third-order valence-electron chi connectivity index (χ3n) is 3.26. The Bertz CT molecular complexity index is 501. The van der Waals surface area contributed by atoms with Gasteiger partial charge in [0.1, 0.15) is 43.9 Å². The summed E-state index contributed by atoms with van der Waals surface area (Å²) in [6, 6.07) is 13.4. The number of furan rings is 1. The van der Waals surface area contributed by atoms with Crippen LogP contribution in [0.5, 0.6) is 5.75 Å². The highest BCUT2D eigenvalue weighted by Gasteiger charge is 2.12. The van der Waals surface area contributed by atoms with Crippen LogP contribution in [-0.2, 0) is 11.3 Å². The summed E-state index contributed by atoms with van der Waals surface area (Å²) >= 11 is 0. The van der Waals surface area contributed by atoms with Gasteiger partial charge in [0.05, 0.1) is 19.9 Å². The first-order valence-corrected chi connectivity index (χ1v) is 7.51. The molecule has 1 aromatic carbocycles. The Balaban J connectivity index is 1.54. The van der Waals surface area contributed by atoms with Gasteiger partial charge in [-0.25, -0.2) is 0 Å². The fourth-order valence-corrected chi connectivity index (χ4v) is 2.11. The molecule has 1 heterocycles. The van der Waals surface area contributed by atoms with Crippen LogP contribution in [0.15, 0.2) is 53.1 Å². The number of likely N-dealkylation sites (N-methyl/N-ethyl adjacent to an activating group) is 1. The van der Waals surface area contributed by atoms with E-state index in [4.69, 9.17) is 13.9 Å². The molecule has 0 radical (unpaired) electrons. The standard InChI is InChI=1S/C17H23NO4/c1-18(9-11-22-16-6-3-2-4-7-16)12-15(19)13-20-14-17-8-5-10-21-17/h2-8,10,15,19H,9,11-14H2,1H3/p+1/t15-/m0/s1. The third-order valence-corrected chi connectivity index (χ3v) is 3.26. The minimum Gasteiger partial charge on any atom is -0.488 e. The SMILES string of the molecule is C[NH+](CCOc1ccccc1)C[C@H](O)COCc1ccco1. The molecule has 0 saturated carbocycles. The van der Waals surface area contributed by atoms with E-state index in [0.29, 0.717) is 26.4 Å². The predicted octanol–water partition coefficient (Wildman–Crippen LogP) is 0.751. The Kier molecular flexibility index (Phi) is 6.96. The Morgan fingerprint density at radius 1 is 1.18 bits per heavy atom. The molecule has 0 spiro atoms. The maximum absolute atomic E-state index is 9.95. The summed E-state index contributed by atoms with van der Waals surface area (Å²) in [5.74, 6) is 1.64. The van der Waals surface area contributed by atoms with Crippen LogP contribution in [-0.4, -0.2) is 44.6 Å². The van der Waals surface area contributed by atoms with E-state index in [1.807, 2.05) is 49.5 Å². The zero-order valence-electron chi connectivity index (χ0n) is 12.9. The van der Waals surface area contributed by atoms with Crippen LogP contribution in [0.25, 0.3) is 0 Å². The maximum atomic E-state index is 9.95. The van der Waals surface area contributed by atoms with Crippen LogP contribution in [0, 0.1) is 0 Å². The van der Waals surface area contributed by atoms with Crippen molar-refractivity contribution in [3.8, 4) is 5.75 Å². The molecule has 2 aromatic rings. The maximum Gasteiger partial charge on any atom is 0.137 e. The Morgan fingerprint density at radius 2 is 2.00 bits per heavy atom. The normalized spacial score (nSPS) is 13.7. The van der Waals surface area contributed by atoms with Crippen molar-refractivity contribution in [3.05, 3.63) is 54.5 Å². The second kappa shape index (κ2) is 9.25. The molecule has 5 heteroatoms. The molecule has 2 rings (SSSR count). The summed E-state index contributed by atoms with van der Waals surface area (Å²) in [5, 5.41) is 9.95. The van der Waals surface area contributed by atoms with Crippen LogP contribution in [0.2, 0.25) is 0 Å². The number of aliphatic hydroxyl groups is 1. The average molecular weight is 306 g/mol. The lowest BCUT2D eigenvalue weighted by molar-refractivity contribution is -0.883. The first-order valence-electron chi connectivity index (χ1n) is 7.51. The third kappa shape index (κ3) is 6.30. The van der Waals surface area contributed by atoms with E-state index in [-0.39, 0.29) is 0 Å². The lowest BCUT2D eigenvalue weighted by Crippen LogP contribution is -3.10. The summed E-state index contributed by atoms with van der Waals surface area (Å²) in [4.78, 5) is 1.20.